The van der Waals surface area contributed by atoms with Crippen LogP contribution in [0.1, 0.15) is 12.8 Å². The molecule has 0 radical (unpaired) electrons. The molecule has 0 aromatic carbocycles. The molecule has 0 saturated heterocycles. The predicted octanol–water partition coefficient (Wildman–Crippen LogP) is -1.09. The molecule has 1 unspecified atom stereocenters. The third-order valence-electron chi connectivity index (χ3n) is 2.55. The standard InChI is InChI=1S/C9H16N2O5/c1-16-6-2-5(3-6)10-9(15)11-7(4-12)8(13)14/h5-7,12H,2-4H2,1H3,(H,13,14)(H2,10,11,15). The number of ether oxygens (including phenoxy) is 1. The topological polar surface area (TPSA) is 108 Å². The zero-order valence-corrected chi connectivity index (χ0v) is 8.97. The lowest BCUT2D eigenvalue weighted by molar-refractivity contribution is -0.140. The van der Waals surface area contributed by atoms with Crippen molar-refractivity contribution in [2.75, 3.05) is 13.7 Å². The number of urea groups is 1. The molecule has 2 amide bonds. The minimum atomic E-state index is -1.27. The van der Waals surface area contributed by atoms with E-state index in [-0.39, 0.29) is 12.1 Å². The molecule has 0 aromatic rings. The number of carboxylic acid groups (broad SMARTS) is 1. The number of carboxylic acids is 1. The number of amides is 2. The SMILES string of the molecule is COC1CC(NC(=O)NC(CO)C(=O)O)C1. The molecule has 16 heavy (non-hydrogen) atoms. The van der Waals surface area contributed by atoms with Crippen molar-refractivity contribution in [2.45, 2.75) is 31.0 Å². The van der Waals surface area contributed by atoms with Crippen molar-refractivity contribution in [1.29, 1.82) is 0 Å². The van der Waals surface area contributed by atoms with E-state index in [9.17, 15) is 9.59 Å². The van der Waals surface area contributed by atoms with Crippen LogP contribution < -0.4 is 10.6 Å². The van der Waals surface area contributed by atoms with Gasteiger partial charge in [0.1, 0.15) is 0 Å². The monoisotopic (exact) mass is 232 g/mol. The molecule has 0 aromatic heterocycles. The molecule has 1 aliphatic rings. The molecule has 0 aliphatic heterocycles. The van der Waals surface area contributed by atoms with Crippen molar-refractivity contribution in [3.63, 3.8) is 0 Å². The number of carbonyl (C=O) groups is 2. The quantitative estimate of drug-likeness (QED) is 0.481. The van der Waals surface area contributed by atoms with Gasteiger partial charge in [0.25, 0.3) is 0 Å². The van der Waals surface area contributed by atoms with Crippen LogP contribution in [0.2, 0.25) is 0 Å². The van der Waals surface area contributed by atoms with Gasteiger partial charge in [-0.1, -0.05) is 0 Å². The molecule has 1 aliphatic carbocycles. The normalized spacial score (nSPS) is 25.4. The first-order chi connectivity index (χ1) is 7.56. The number of carbonyl (C=O) groups excluding carboxylic acids is 1. The van der Waals surface area contributed by atoms with Crippen molar-refractivity contribution >= 4 is 12.0 Å². The van der Waals surface area contributed by atoms with Gasteiger partial charge in [0, 0.05) is 13.2 Å². The summed E-state index contributed by atoms with van der Waals surface area (Å²) in [5.74, 6) is -1.26. The Kier molecular flexibility index (Phi) is 4.51. The maximum Gasteiger partial charge on any atom is 0.328 e. The number of hydrogen-bond acceptors (Lipinski definition) is 4. The Hall–Kier alpha value is -1.34. The van der Waals surface area contributed by atoms with Gasteiger partial charge in [0.15, 0.2) is 6.04 Å². The average Bonchev–Trinajstić information content (AvgIpc) is 2.18. The molecule has 0 bridgehead atoms. The van der Waals surface area contributed by atoms with Gasteiger partial charge >= 0.3 is 12.0 Å². The summed E-state index contributed by atoms with van der Waals surface area (Å²) in [5.41, 5.74) is 0. The van der Waals surface area contributed by atoms with Gasteiger partial charge in [-0.25, -0.2) is 9.59 Å². The summed E-state index contributed by atoms with van der Waals surface area (Å²) in [7, 11) is 1.60. The van der Waals surface area contributed by atoms with E-state index in [4.69, 9.17) is 14.9 Å². The minimum absolute atomic E-state index is 0.0121. The second-order valence-electron chi connectivity index (χ2n) is 3.72. The van der Waals surface area contributed by atoms with E-state index in [0.717, 1.165) is 12.8 Å². The molecule has 1 rings (SSSR count). The highest BCUT2D eigenvalue weighted by molar-refractivity contribution is 5.82. The van der Waals surface area contributed by atoms with E-state index in [1.807, 2.05) is 0 Å². The molecule has 0 heterocycles. The van der Waals surface area contributed by atoms with Gasteiger partial charge in [-0.15, -0.1) is 0 Å². The molecule has 7 heteroatoms. The zero-order valence-electron chi connectivity index (χ0n) is 8.97. The van der Waals surface area contributed by atoms with E-state index in [2.05, 4.69) is 10.6 Å². The van der Waals surface area contributed by atoms with Crippen molar-refractivity contribution in [3.8, 4) is 0 Å². The summed E-state index contributed by atoms with van der Waals surface area (Å²) in [6, 6.07) is -1.84. The Bertz CT molecular complexity index is 265. The highest BCUT2D eigenvalue weighted by Gasteiger charge is 2.30. The number of aliphatic hydroxyl groups is 1. The van der Waals surface area contributed by atoms with Crippen LogP contribution in [0, 0.1) is 0 Å². The third kappa shape index (κ3) is 3.35. The molecule has 0 spiro atoms. The van der Waals surface area contributed by atoms with Gasteiger partial charge in [0.05, 0.1) is 12.7 Å². The second kappa shape index (κ2) is 5.66. The van der Waals surface area contributed by atoms with Crippen LogP contribution in [0.4, 0.5) is 4.79 Å². The maximum absolute atomic E-state index is 11.3. The first-order valence-electron chi connectivity index (χ1n) is 5.00. The van der Waals surface area contributed by atoms with Crippen LogP contribution in [-0.2, 0) is 9.53 Å². The number of aliphatic carboxylic acids is 1. The number of methoxy groups -OCH3 is 1. The fourth-order valence-corrected chi connectivity index (χ4v) is 1.45. The summed E-state index contributed by atoms with van der Waals surface area (Å²) < 4.78 is 5.03. The van der Waals surface area contributed by atoms with E-state index >= 15 is 0 Å². The Balaban J connectivity index is 2.23. The highest BCUT2D eigenvalue weighted by Crippen LogP contribution is 2.22. The van der Waals surface area contributed by atoms with Gasteiger partial charge in [-0.2, -0.15) is 0 Å². The minimum Gasteiger partial charge on any atom is -0.480 e. The molecular weight excluding hydrogens is 216 g/mol. The van der Waals surface area contributed by atoms with Crippen molar-refractivity contribution in [3.05, 3.63) is 0 Å². The number of rotatable bonds is 5. The molecule has 1 saturated carbocycles. The maximum atomic E-state index is 11.3. The lowest BCUT2D eigenvalue weighted by Gasteiger charge is -2.34. The summed E-state index contributed by atoms with van der Waals surface area (Å²) in [5, 5.41) is 22.0. The van der Waals surface area contributed by atoms with Crippen LogP contribution >= 0.6 is 0 Å². The molecule has 1 fully saturated rings. The fourth-order valence-electron chi connectivity index (χ4n) is 1.45. The van der Waals surface area contributed by atoms with Crippen LogP contribution in [0.25, 0.3) is 0 Å². The first kappa shape index (κ1) is 12.7. The number of aliphatic hydroxyl groups excluding tert-OH is 1. The average molecular weight is 232 g/mol. The molecule has 7 nitrogen and oxygen atoms in total. The summed E-state index contributed by atoms with van der Waals surface area (Å²) in [6.45, 7) is -0.631. The fraction of sp³-hybridized carbons (Fsp3) is 0.778. The van der Waals surface area contributed by atoms with E-state index in [1.165, 1.54) is 0 Å². The third-order valence-corrected chi connectivity index (χ3v) is 2.55. The Morgan fingerprint density at radius 2 is 2.12 bits per heavy atom. The second-order valence-corrected chi connectivity index (χ2v) is 3.72. The van der Waals surface area contributed by atoms with Gasteiger partial charge in [0.2, 0.25) is 0 Å². The lowest BCUT2D eigenvalue weighted by Crippen LogP contribution is -2.54. The lowest BCUT2D eigenvalue weighted by atomic mass is 9.89. The Morgan fingerprint density at radius 3 is 2.56 bits per heavy atom. The highest BCUT2D eigenvalue weighted by atomic mass is 16.5. The zero-order chi connectivity index (χ0) is 12.1. The molecular formula is C9H16N2O5. The summed E-state index contributed by atoms with van der Waals surface area (Å²) >= 11 is 0. The van der Waals surface area contributed by atoms with Crippen molar-refractivity contribution < 1.29 is 24.5 Å². The van der Waals surface area contributed by atoms with Crippen LogP contribution in [0.3, 0.4) is 0 Å². The first-order valence-corrected chi connectivity index (χ1v) is 5.00. The van der Waals surface area contributed by atoms with Gasteiger partial charge in [-0.05, 0) is 12.8 Å². The van der Waals surface area contributed by atoms with Gasteiger partial charge in [-0.3, -0.25) is 0 Å². The van der Waals surface area contributed by atoms with E-state index in [1.54, 1.807) is 7.11 Å². The molecule has 92 valence electrons. The van der Waals surface area contributed by atoms with Crippen molar-refractivity contribution in [1.82, 2.24) is 10.6 Å². The largest absolute Gasteiger partial charge is 0.480 e. The molecule has 4 N–H and O–H groups in total. The predicted molar refractivity (Wildman–Crippen MR) is 54.0 cm³/mol. The summed E-state index contributed by atoms with van der Waals surface area (Å²) in [4.78, 5) is 21.8. The molecule has 1 atom stereocenters. The summed E-state index contributed by atoms with van der Waals surface area (Å²) in [6.07, 6.45) is 1.61. The number of nitrogens with one attached hydrogen (secondary N) is 2. The van der Waals surface area contributed by atoms with Crippen LogP contribution in [0.15, 0.2) is 0 Å². The van der Waals surface area contributed by atoms with Crippen LogP contribution in [0.5, 0.6) is 0 Å². The van der Waals surface area contributed by atoms with Crippen molar-refractivity contribution in [2.24, 2.45) is 0 Å². The smallest absolute Gasteiger partial charge is 0.328 e. The van der Waals surface area contributed by atoms with E-state index in [0.29, 0.717) is 0 Å². The Labute approximate surface area is 92.8 Å². The van der Waals surface area contributed by atoms with Gasteiger partial charge < -0.3 is 25.6 Å². The number of hydrogen-bond donors (Lipinski definition) is 4. The Morgan fingerprint density at radius 1 is 1.50 bits per heavy atom. The van der Waals surface area contributed by atoms with E-state index < -0.39 is 24.6 Å². The van der Waals surface area contributed by atoms with Crippen LogP contribution in [-0.4, -0.2) is 54.1 Å².